The van der Waals surface area contributed by atoms with Crippen LogP contribution in [0.2, 0.25) is 0 Å². The van der Waals surface area contributed by atoms with E-state index >= 15 is 0 Å². The van der Waals surface area contributed by atoms with Crippen molar-refractivity contribution >= 4 is 16.7 Å². The zero-order valence-corrected chi connectivity index (χ0v) is 15.8. The summed E-state index contributed by atoms with van der Waals surface area (Å²) in [5.74, 6) is 0.919. The second-order valence-electron chi connectivity index (χ2n) is 7.18. The van der Waals surface area contributed by atoms with E-state index in [4.69, 9.17) is 9.15 Å². The summed E-state index contributed by atoms with van der Waals surface area (Å²) in [6.07, 6.45) is 0. The molecule has 2 aromatic carbocycles. The Labute approximate surface area is 158 Å². The molecular formula is C22H25N2O3+. The van der Waals surface area contributed by atoms with Crippen LogP contribution in [0.3, 0.4) is 0 Å². The van der Waals surface area contributed by atoms with E-state index in [-0.39, 0.29) is 5.63 Å². The second-order valence-corrected chi connectivity index (χ2v) is 7.18. The minimum atomic E-state index is -0.268. The maximum atomic E-state index is 12.0. The first-order valence-corrected chi connectivity index (χ1v) is 9.39. The lowest BCUT2D eigenvalue weighted by Crippen LogP contribution is -3.13. The molecule has 2 heterocycles. The van der Waals surface area contributed by atoms with Gasteiger partial charge in [0, 0.05) is 17.0 Å². The van der Waals surface area contributed by atoms with Gasteiger partial charge in [0.1, 0.15) is 17.9 Å². The Morgan fingerprint density at radius 1 is 1.11 bits per heavy atom. The smallest absolute Gasteiger partial charge is 0.336 e. The van der Waals surface area contributed by atoms with E-state index in [0.717, 1.165) is 60.7 Å². The van der Waals surface area contributed by atoms with Gasteiger partial charge in [-0.2, -0.15) is 0 Å². The summed E-state index contributed by atoms with van der Waals surface area (Å²) in [4.78, 5) is 15.8. The van der Waals surface area contributed by atoms with Crippen LogP contribution in [-0.4, -0.2) is 33.3 Å². The third kappa shape index (κ3) is 3.69. The Balaban J connectivity index is 1.50. The largest absolute Gasteiger partial charge is 0.495 e. The number of methoxy groups -OCH3 is 1. The number of aryl methyl sites for hydroxylation is 1. The predicted molar refractivity (Wildman–Crippen MR) is 107 cm³/mol. The molecule has 1 saturated heterocycles. The Morgan fingerprint density at radius 3 is 2.67 bits per heavy atom. The van der Waals surface area contributed by atoms with Gasteiger partial charge < -0.3 is 19.0 Å². The van der Waals surface area contributed by atoms with Crippen LogP contribution < -0.4 is 20.2 Å². The van der Waals surface area contributed by atoms with E-state index in [9.17, 15) is 4.79 Å². The van der Waals surface area contributed by atoms with E-state index in [2.05, 4.69) is 29.2 Å². The monoisotopic (exact) mass is 365 g/mol. The number of fused-ring (bicyclic) bond motifs is 1. The molecule has 1 aliphatic heterocycles. The van der Waals surface area contributed by atoms with Crippen LogP contribution >= 0.6 is 0 Å². The first kappa shape index (κ1) is 17.6. The van der Waals surface area contributed by atoms with Gasteiger partial charge in [-0.25, -0.2) is 4.79 Å². The fourth-order valence-corrected chi connectivity index (χ4v) is 3.88. The zero-order valence-electron chi connectivity index (χ0n) is 15.8. The summed E-state index contributed by atoms with van der Waals surface area (Å²) in [5, 5.41) is 1.04. The minimum absolute atomic E-state index is 0.268. The molecule has 0 amide bonds. The number of anilines is 1. The highest BCUT2D eigenvalue weighted by Gasteiger charge is 2.23. The van der Waals surface area contributed by atoms with Gasteiger partial charge in [-0.15, -0.1) is 0 Å². The van der Waals surface area contributed by atoms with Crippen LogP contribution in [0, 0.1) is 6.92 Å². The van der Waals surface area contributed by atoms with Crippen LogP contribution in [0.4, 0.5) is 5.69 Å². The number of hydrogen-bond acceptors (Lipinski definition) is 4. The van der Waals surface area contributed by atoms with Crippen molar-refractivity contribution in [3.05, 3.63) is 70.1 Å². The van der Waals surface area contributed by atoms with Gasteiger partial charge in [-0.1, -0.05) is 24.3 Å². The average molecular weight is 365 g/mol. The Hall–Kier alpha value is -2.79. The molecule has 27 heavy (non-hydrogen) atoms. The summed E-state index contributed by atoms with van der Waals surface area (Å²) in [7, 11) is 1.72. The summed E-state index contributed by atoms with van der Waals surface area (Å²) in [6.45, 7) is 6.82. The van der Waals surface area contributed by atoms with Crippen LogP contribution in [-0.2, 0) is 6.54 Å². The Kier molecular flexibility index (Phi) is 4.86. The van der Waals surface area contributed by atoms with Crippen molar-refractivity contribution in [2.75, 3.05) is 38.2 Å². The number of piperazine rings is 1. The fraction of sp³-hybridized carbons (Fsp3) is 0.318. The van der Waals surface area contributed by atoms with Gasteiger partial charge in [0.25, 0.3) is 0 Å². The van der Waals surface area contributed by atoms with Crippen LogP contribution in [0.1, 0.15) is 11.1 Å². The predicted octanol–water partition coefficient (Wildman–Crippen LogP) is 2.02. The third-order valence-corrected chi connectivity index (χ3v) is 5.32. The van der Waals surface area contributed by atoms with Gasteiger partial charge in [-0.05, 0) is 30.7 Å². The maximum absolute atomic E-state index is 12.0. The first-order valence-electron chi connectivity index (χ1n) is 9.39. The number of quaternary nitrogens is 1. The van der Waals surface area contributed by atoms with Crippen molar-refractivity contribution in [2.24, 2.45) is 0 Å². The summed E-state index contributed by atoms with van der Waals surface area (Å²) >= 11 is 0. The van der Waals surface area contributed by atoms with Gasteiger partial charge >= 0.3 is 5.63 Å². The number of hydrogen-bond donors (Lipinski definition) is 1. The molecule has 3 aromatic rings. The third-order valence-electron chi connectivity index (χ3n) is 5.32. The van der Waals surface area contributed by atoms with E-state index in [1.165, 1.54) is 4.90 Å². The van der Waals surface area contributed by atoms with Crippen molar-refractivity contribution in [1.29, 1.82) is 0 Å². The maximum Gasteiger partial charge on any atom is 0.336 e. The fourth-order valence-electron chi connectivity index (χ4n) is 3.88. The highest BCUT2D eigenvalue weighted by atomic mass is 16.5. The molecule has 0 unspecified atom stereocenters. The molecule has 0 aliphatic carbocycles. The molecule has 0 atom stereocenters. The van der Waals surface area contributed by atoms with E-state index in [1.807, 2.05) is 25.1 Å². The summed E-state index contributed by atoms with van der Waals surface area (Å²) in [5.41, 5.74) is 3.74. The standard InChI is InChI=1S/C22H24N2O3/c1-16-7-8-18-17(14-22(25)27-21(18)13-16)15-23-9-11-24(12-10-23)19-5-3-4-6-20(19)26-2/h3-8,13-14H,9-12,15H2,1-2H3/p+1. The Morgan fingerprint density at radius 2 is 1.89 bits per heavy atom. The van der Waals surface area contributed by atoms with Gasteiger partial charge in [-0.3, -0.25) is 0 Å². The molecule has 1 aromatic heterocycles. The van der Waals surface area contributed by atoms with Crippen molar-refractivity contribution in [3.63, 3.8) is 0 Å². The average Bonchev–Trinajstić information content (AvgIpc) is 2.68. The van der Waals surface area contributed by atoms with Crippen molar-refractivity contribution in [2.45, 2.75) is 13.5 Å². The number of rotatable bonds is 4. The molecule has 5 nitrogen and oxygen atoms in total. The van der Waals surface area contributed by atoms with Crippen molar-refractivity contribution < 1.29 is 14.1 Å². The minimum Gasteiger partial charge on any atom is -0.495 e. The zero-order chi connectivity index (χ0) is 18.8. The van der Waals surface area contributed by atoms with E-state index in [1.54, 1.807) is 13.2 Å². The first-order chi connectivity index (χ1) is 13.1. The summed E-state index contributed by atoms with van der Waals surface area (Å²) in [6, 6.07) is 15.9. The highest BCUT2D eigenvalue weighted by molar-refractivity contribution is 5.80. The van der Waals surface area contributed by atoms with Crippen LogP contribution in [0.25, 0.3) is 11.0 Å². The van der Waals surface area contributed by atoms with Crippen LogP contribution in [0.5, 0.6) is 5.75 Å². The quantitative estimate of drug-likeness (QED) is 0.719. The number of nitrogens with one attached hydrogen (secondary N) is 1. The lowest BCUT2D eigenvalue weighted by Gasteiger charge is -2.34. The van der Waals surface area contributed by atoms with Gasteiger partial charge in [0.05, 0.1) is 39.0 Å². The number of para-hydroxylation sites is 2. The molecule has 1 N–H and O–H groups in total. The molecule has 140 valence electrons. The van der Waals surface area contributed by atoms with Crippen LogP contribution in [0.15, 0.2) is 57.7 Å². The molecule has 1 aliphatic rings. The highest BCUT2D eigenvalue weighted by Crippen LogP contribution is 2.27. The molecule has 0 bridgehead atoms. The molecule has 0 saturated carbocycles. The second kappa shape index (κ2) is 7.45. The van der Waals surface area contributed by atoms with Crippen molar-refractivity contribution in [3.8, 4) is 5.75 Å². The molecular weight excluding hydrogens is 340 g/mol. The Bertz CT molecular complexity index is 1000. The number of nitrogens with zero attached hydrogens (tertiary/aromatic N) is 1. The lowest BCUT2D eigenvalue weighted by molar-refractivity contribution is -0.914. The van der Waals surface area contributed by atoms with Gasteiger partial charge in [0.2, 0.25) is 0 Å². The molecule has 1 fully saturated rings. The molecule has 0 spiro atoms. The number of ether oxygens (including phenoxy) is 1. The molecule has 4 rings (SSSR count). The number of benzene rings is 2. The topological polar surface area (TPSA) is 47.1 Å². The van der Waals surface area contributed by atoms with E-state index < -0.39 is 0 Å². The summed E-state index contributed by atoms with van der Waals surface area (Å²) < 4.78 is 10.9. The van der Waals surface area contributed by atoms with Gasteiger partial charge in [0.15, 0.2) is 0 Å². The normalized spacial score (nSPS) is 15.3. The lowest BCUT2D eigenvalue weighted by atomic mass is 10.1. The van der Waals surface area contributed by atoms with Crippen molar-refractivity contribution in [1.82, 2.24) is 0 Å². The molecule has 0 radical (unpaired) electrons. The van der Waals surface area contributed by atoms with E-state index in [0.29, 0.717) is 5.58 Å². The SMILES string of the molecule is COc1ccccc1N1CC[NH+](Cc2cc(=O)oc3cc(C)ccc23)CC1. The molecule has 5 heteroatoms.